The SMILES string of the molecule is O=C(CNC(=O)c1cccc([N+](=O)[O-])c1)NCc1nnc2ccccn12. The average molecular weight is 354 g/mol. The number of nitrogens with one attached hydrogen (secondary N) is 2. The van der Waals surface area contributed by atoms with Gasteiger partial charge in [-0.2, -0.15) is 0 Å². The summed E-state index contributed by atoms with van der Waals surface area (Å²) in [6.45, 7) is -0.116. The van der Waals surface area contributed by atoms with E-state index < -0.39 is 16.7 Å². The van der Waals surface area contributed by atoms with E-state index in [-0.39, 0.29) is 24.3 Å². The van der Waals surface area contributed by atoms with Crippen molar-refractivity contribution < 1.29 is 14.5 Å². The number of hydrogen-bond donors (Lipinski definition) is 2. The zero-order valence-electron chi connectivity index (χ0n) is 13.5. The van der Waals surface area contributed by atoms with E-state index in [0.717, 1.165) is 6.07 Å². The van der Waals surface area contributed by atoms with E-state index >= 15 is 0 Å². The fourth-order valence-electron chi connectivity index (χ4n) is 2.27. The van der Waals surface area contributed by atoms with Gasteiger partial charge in [-0.25, -0.2) is 0 Å². The summed E-state index contributed by atoms with van der Waals surface area (Å²) < 4.78 is 1.74. The lowest BCUT2D eigenvalue weighted by molar-refractivity contribution is -0.384. The smallest absolute Gasteiger partial charge is 0.270 e. The third-order valence-corrected chi connectivity index (χ3v) is 3.56. The Kier molecular flexibility index (Phi) is 4.83. The first-order valence-corrected chi connectivity index (χ1v) is 7.62. The summed E-state index contributed by atoms with van der Waals surface area (Å²) >= 11 is 0. The van der Waals surface area contributed by atoms with Crippen LogP contribution >= 0.6 is 0 Å². The van der Waals surface area contributed by atoms with E-state index in [9.17, 15) is 19.7 Å². The van der Waals surface area contributed by atoms with Crippen molar-refractivity contribution >= 4 is 23.1 Å². The first-order chi connectivity index (χ1) is 12.5. The van der Waals surface area contributed by atoms with Crippen molar-refractivity contribution in [1.82, 2.24) is 25.2 Å². The molecule has 1 aromatic carbocycles. The lowest BCUT2D eigenvalue weighted by atomic mass is 10.2. The Morgan fingerprint density at radius 1 is 1.12 bits per heavy atom. The molecule has 2 heterocycles. The van der Waals surface area contributed by atoms with Crippen molar-refractivity contribution in [3.8, 4) is 0 Å². The van der Waals surface area contributed by atoms with Crippen LogP contribution in [0.3, 0.4) is 0 Å². The van der Waals surface area contributed by atoms with Gasteiger partial charge in [0.05, 0.1) is 18.0 Å². The molecule has 0 aliphatic heterocycles. The van der Waals surface area contributed by atoms with Gasteiger partial charge in [0, 0.05) is 23.9 Å². The van der Waals surface area contributed by atoms with Gasteiger partial charge in [-0.3, -0.25) is 24.1 Å². The van der Waals surface area contributed by atoms with E-state index in [0.29, 0.717) is 11.5 Å². The van der Waals surface area contributed by atoms with Gasteiger partial charge in [0.1, 0.15) is 0 Å². The summed E-state index contributed by atoms with van der Waals surface area (Å²) in [5.41, 5.74) is 0.576. The normalized spacial score (nSPS) is 10.5. The molecule has 10 heteroatoms. The molecule has 0 spiro atoms. The van der Waals surface area contributed by atoms with Crippen molar-refractivity contribution in [3.63, 3.8) is 0 Å². The largest absolute Gasteiger partial charge is 0.347 e. The number of fused-ring (bicyclic) bond motifs is 1. The zero-order chi connectivity index (χ0) is 18.5. The second kappa shape index (κ2) is 7.38. The van der Waals surface area contributed by atoms with Crippen molar-refractivity contribution in [2.24, 2.45) is 0 Å². The molecule has 2 amide bonds. The molecule has 0 fully saturated rings. The quantitative estimate of drug-likeness (QED) is 0.494. The van der Waals surface area contributed by atoms with Gasteiger partial charge in [-0.15, -0.1) is 10.2 Å². The van der Waals surface area contributed by atoms with Crippen LogP contribution in [0.4, 0.5) is 5.69 Å². The highest BCUT2D eigenvalue weighted by molar-refractivity contribution is 5.96. The Morgan fingerprint density at radius 2 is 1.96 bits per heavy atom. The first kappa shape index (κ1) is 17.0. The molecule has 0 aliphatic rings. The molecule has 0 atom stereocenters. The van der Waals surface area contributed by atoms with E-state index in [2.05, 4.69) is 20.8 Å². The van der Waals surface area contributed by atoms with Crippen LogP contribution in [0.1, 0.15) is 16.2 Å². The Balaban J connectivity index is 1.53. The highest BCUT2D eigenvalue weighted by Gasteiger charge is 2.13. The molecule has 0 saturated heterocycles. The molecule has 3 rings (SSSR count). The molecule has 3 aromatic rings. The summed E-state index contributed by atoms with van der Waals surface area (Å²) in [4.78, 5) is 34.0. The number of non-ortho nitro benzene ring substituents is 1. The topological polar surface area (TPSA) is 132 Å². The van der Waals surface area contributed by atoms with E-state index in [1.165, 1.54) is 18.2 Å². The van der Waals surface area contributed by atoms with Crippen LogP contribution in [0.15, 0.2) is 48.7 Å². The highest BCUT2D eigenvalue weighted by atomic mass is 16.6. The van der Waals surface area contributed by atoms with Crippen molar-refractivity contribution in [2.45, 2.75) is 6.54 Å². The van der Waals surface area contributed by atoms with Crippen LogP contribution in [0.2, 0.25) is 0 Å². The maximum Gasteiger partial charge on any atom is 0.270 e. The minimum Gasteiger partial charge on any atom is -0.347 e. The van der Waals surface area contributed by atoms with Gasteiger partial charge < -0.3 is 10.6 Å². The summed E-state index contributed by atoms with van der Waals surface area (Å²) in [5.74, 6) is -0.438. The van der Waals surface area contributed by atoms with Crippen LogP contribution in [0.5, 0.6) is 0 Å². The van der Waals surface area contributed by atoms with Gasteiger partial charge in [0.15, 0.2) is 11.5 Å². The first-order valence-electron chi connectivity index (χ1n) is 7.62. The lowest BCUT2D eigenvalue weighted by Gasteiger charge is -2.06. The summed E-state index contributed by atoms with van der Waals surface area (Å²) in [6.07, 6.45) is 1.78. The Hall–Kier alpha value is -3.82. The molecular formula is C16H14N6O4. The number of carbonyl (C=O) groups excluding carboxylic acids is 2. The second-order valence-electron chi connectivity index (χ2n) is 5.31. The fraction of sp³-hybridized carbons (Fsp3) is 0.125. The maximum absolute atomic E-state index is 12.0. The van der Waals surface area contributed by atoms with Crippen LogP contribution in [0.25, 0.3) is 5.65 Å². The predicted octanol–water partition coefficient (Wildman–Crippen LogP) is 0.684. The summed E-state index contributed by atoms with van der Waals surface area (Å²) in [5, 5.41) is 23.7. The molecule has 2 N–H and O–H groups in total. The number of carbonyl (C=O) groups is 2. The van der Waals surface area contributed by atoms with Gasteiger partial charge in [-0.1, -0.05) is 12.1 Å². The maximum atomic E-state index is 12.0. The van der Waals surface area contributed by atoms with E-state index in [1.807, 2.05) is 12.1 Å². The van der Waals surface area contributed by atoms with Gasteiger partial charge in [0.25, 0.3) is 11.6 Å². The number of rotatable bonds is 6. The van der Waals surface area contributed by atoms with Gasteiger partial charge >= 0.3 is 0 Å². The number of nitro groups is 1. The zero-order valence-corrected chi connectivity index (χ0v) is 13.5. The number of nitrogens with zero attached hydrogens (tertiary/aromatic N) is 4. The molecule has 0 saturated carbocycles. The van der Waals surface area contributed by atoms with Crippen molar-refractivity contribution in [2.75, 3.05) is 6.54 Å². The molecule has 10 nitrogen and oxygen atoms in total. The second-order valence-corrected chi connectivity index (χ2v) is 5.31. The number of nitro benzene ring substituents is 1. The standard InChI is InChI=1S/C16H14N6O4/c23-15(17-9-14-20-19-13-6-1-2-7-21(13)14)10-18-16(24)11-4-3-5-12(8-11)22(25)26/h1-8H,9-10H2,(H,17,23)(H,18,24). The highest BCUT2D eigenvalue weighted by Crippen LogP contribution is 2.12. The monoisotopic (exact) mass is 354 g/mol. The number of amides is 2. The molecule has 2 aromatic heterocycles. The van der Waals surface area contributed by atoms with Crippen LogP contribution < -0.4 is 10.6 Å². The number of aromatic nitrogens is 3. The van der Waals surface area contributed by atoms with Crippen LogP contribution in [-0.2, 0) is 11.3 Å². The fourth-order valence-corrected chi connectivity index (χ4v) is 2.27. The Morgan fingerprint density at radius 3 is 2.77 bits per heavy atom. The number of pyridine rings is 1. The minimum atomic E-state index is -0.591. The number of hydrogen-bond acceptors (Lipinski definition) is 6. The van der Waals surface area contributed by atoms with Crippen molar-refractivity contribution in [1.29, 1.82) is 0 Å². The van der Waals surface area contributed by atoms with Crippen molar-refractivity contribution in [3.05, 3.63) is 70.2 Å². The third-order valence-electron chi connectivity index (χ3n) is 3.56. The molecule has 0 unspecified atom stereocenters. The predicted molar refractivity (Wildman–Crippen MR) is 90.3 cm³/mol. The summed E-state index contributed by atoms with van der Waals surface area (Å²) in [7, 11) is 0. The molecule has 0 bridgehead atoms. The Bertz CT molecular complexity index is 984. The molecule has 26 heavy (non-hydrogen) atoms. The number of benzene rings is 1. The van der Waals surface area contributed by atoms with Crippen LogP contribution in [0, 0.1) is 10.1 Å². The summed E-state index contributed by atoms with van der Waals surface area (Å²) in [6, 6.07) is 10.7. The third kappa shape index (κ3) is 3.80. The molecule has 0 radical (unpaired) electrons. The average Bonchev–Trinajstić information content (AvgIpc) is 3.07. The van der Waals surface area contributed by atoms with E-state index in [1.54, 1.807) is 16.7 Å². The molecule has 132 valence electrons. The molecule has 0 aliphatic carbocycles. The Labute approximate surface area is 147 Å². The van der Waals surface area contributed by atoms with Gasteiger partial charge in [-0.05, 0) is 18.2 Å². The van der Waals surface area contributed by atoms with E-state index in [4.69, 9.17) is 0 Å². The molecular weight excluding hydrogens is 340 g/mol. The minimum absolute atomic E-state index is 0.107. The van der Waals surface area contributed by atoms with Crippen LogP contribution in [-0.4, -0.2) is 37.9 Å². The van der Waals surface area contributed by atoms with Gasteiger partial charge in [0.2, 0.25) is 5.91 Å². The lowest BCUT2D eigenvalue weighted by Crippen LogP contribution is -2.36.